The minimum Gasteiger partial charge on any atom is -0.358 e. The Morgan fingerprint density at radius 1 is 1.18 bits per heavy atom. The minimum absolute atomic E-state index is 0.347. The van der Waals surface area contributed by atoms with Crippen LogP contribution in [0.5, 0.6) is 0 Å². The number of hydrogen-bond donors (Lipinski definition) is 1. The molecule has 0 aliphatic carbocycles. The second-order valence-electron chi connectivity index (χ2n) is 2.33. The number of fused-ring (bicyclic) bond motifs is 1. The zero-order valence-corrected chi connectivity index (χ0v) is 5.57. The van der Waals surface area contributed by atoms with Gasteiger partial charge >= 0.3 is 0 Å². The number of benzene rings is 1. The molecule has 1 heterocycles. The first-order valence-electron chi connectivity index (χ1n) is 3.19. The van der Waals surface area contributed by atoms with Crippen LogP contribution in [-0.4, -0.2) is 4.98 Å². The molecule has 1 N–H and O–H groups in total. The standard InChI is InChI=1S/C8H5F2N/c9-5-1-2-6-7(10)4-11-8(6)3-5/h1-4,11H. The van der Waals surface area contributed by atoms with Gasteiger partial charge in [-0.1, -0.05) is 0 Å². The highest BCUT2D eigenvalue weighted by Crippen LogP contribution is 2.16. The van der Waals surface area contributed by atoms with E-state index in [1.807, 2.05) is 0 Å². The van der Waals surface area contributed by atoms with Crippen LogP contribution in [0.2, 0.25) is 0 Å². The van der Waals surface area contributed by atoms with Crippen molar-refractivity contribution in [2.75, 3.05) is 0 Å². The highest BCUT2D eigenvalue weighted by Gasteiger charge is 2.01. The predicted octanol–water partition coefficient (Wildman–Crippen LogP) is 2.45. The molecule has 0 bridgehead atoms. The number of nitrogens with one attached hydrogen (secondary N) is 1. The van der Waals surface area contributed by atoms with Crippen molar-refractivity contribution in [1.82, 2.24) is 4.98 Å². The van der Waals surface area contributed by atoms with Gasteiger partial charge in [0, 0.05) is 11.6 Å². The number of hydrogen-bond acceptors (Lipinski definition) is 0. The third-order valence-electron chi connectivity index (χ3n) is 1.59. The minimum atomic E-state index is -0.362. The van der Waals surface area contributed by atoms with Gasteiger partial charge in [0.15, 0.2) is 0 Å². The highest BCUT2D eigenvalue weighted by atomic mass is 19.1. The van der Waals surface area contributed by atoms with Crippen LogP contribution in [0.1, 0.15) is 0 Å². The summed E-state index contributed by atoms with van der Waals surface area (Å²) in [6.07, 6.45) is 1.21. The maximum absolute atomic E-state index is 12.7. The normalized spacial score (nSPS) is 10.7. The van der Waals surface area contributed by atoms with Crippen molar-refractivity contribution in [2.45, 2.75) is 0 Å². The molecule has 0 atom stereocenters. The Labute approximate surface area is 61.7 Å². The van der Waals surface area contributed by atoms with Crippen LogP contribution in [0.25, 0.3) is 10.9 Å². The fourth-order valence-corrected chi connectivity index (χ4v) is 1.06. The van der Waals surface area contributed by atoms with Crippen molar-refractivity contribution >= 4 is 10.9 Å². The molecule has 0 radical (unpaired) electrons. The average Bonchev–Trinajstić information content (AvgIpc) is 2.32. The van der Waals surface area contributed by atoms with E-state index in [1.165, 1.54) is 24.4 Å². The maximum atomic E-state index is 12.7. The van der Waals surface area contributed by atoms with Crippen LogP contribution < -0.4 is 0 Å². The second-order valence-corrected chi connectivity index (χ2v) is 2.33. The maximum Gasteiger partial charge on any atom is 0.148 e. The van der Waals surface area contributed by atoms with Crippen molar-refractivity contribution < 1.29 is 8.78 Å². The number of aromatic amines is 1. The van der Waals surface area contributed by atoms with E-state index in [0.29, 0.717) is 10.9 Å². The van der Waals surface area contributed by atoms with E-state index in [2.05, 4.69) is 4.98 Å². The van der Waals surface area contributed by atoms with E-state index in [4.69, 9.17) is 0 Å². The molecule has 0 spiro atoms. The average molecular weight is 153 g/mol. The van der Waals surface area contributed by atoms with Crippen molar-refractivity contribution in [3.63, 3.8) is 0 Å². The first-order chi connectivity index (χ1) is 5.27. The number of aromatic nitrogens is 1. The van der Waals surface area contributed by atoms with Crippen molar-refractivity contribution in [3.8, 4) is 0 Å². The van der Waals surface area contributed by atoms with Crippen LogP contribution in [-0.2, 0) is 0 Å². The predicted molar refractivity (Wildman–Crippen MR) is 38.2 cm³/mol. The van der Waals surface area contributed by atoms with Gasteiger partial charge < -0.3 is 4.98 Å². The van der Waals surface area contributed by atoms with Gasteiger partial charge in [-0.2, -0.15) is 0 Å². The molecule has 11 heavy (non-hydrogen) atoms. The molecule has 56 valence electrons. The molecular weight excluding hydrogens is 148 g/mol. The van der Waals surface area contributed by atoms with Crippen molar-refractivity contribution in [2.24, 2.45) is 0 Å². The molecule has 1 aromatic heterocycles. The van der Waals surface area contributed by atoms with E-state index in [1.54, 1.807) is 0 Å². The van der Waals surface area contributed by atoms with Gasteiger partial charge in [-0.15, -0.1) is 0 Å². The van der Waals surface area contributed by atoms with Crippen molar-refractivity contribution in [3.05, 3.63) is 36.0 Å². The van der Waals surface area contributed by atoms with E-state index in [9.17, 15) is 8.78 Å². The Bertz CT molecular complexity index is 392. The van der Waals surface area contributed by atoms with Gasteiger partial charge in [0.05, 0.1) is 5.52 Å². The number of rotatable bonds is 0. The summed E-state index contributed by atoms with van der Waals surface area (Å²) in [5, 5.41) is 0.423. The zero-order valence-electron chi connectivity index (χ0n) is 5.57. The molecule has 0 amide bonds. The zero-order chi connectivity index (χ0) is 7.84. The van der Waals surface area contributed by atoms with Crippen LogP contribution in [0, 0.1) is 11.6 Å². The van der Waals surface area contributed by atoms with Gasteiger partial charge in [0.25, 0.3) is 0 Å². The van der Waals surface area contributed by atoms with Crippen LogP contribution in [0.15, 0.2) is 24.4 Å². The third-order valence-corrected chi connectivity index (χ3v) is 1.59. The summed E-state index contributed by atoms with van der Waals surface area (Å²) in [4.78, 5) is 2.61. The summed E-state index contributed by atoms with van der Waals surface area (Å²) in [6.45, 7) is 0. The van der Waals surface area contributed by atoms with Gasteiger partial charge in [-0.05, 0) is 18.2 Å². The molecule has 2 rings (SSSR count). The summed E-state index contributed by atoms with van der Waals surface area (Å²) in [6, 6.07) is 3.91. The molecule has 2 aromatic rings. The third kappa shape index (κ3) is 0.888. The Balaban J connectivity index is 2.86. The topological polar surface area (TPSA) is 15.8 Å². The fourth-order valence-electron chi connectivity index (χ4n) is 1.06. The quantitative estimate of drug-likeness (QED) is 0.598. The molecular formula is C8H5F2N. The monoisotopic (exact) mass is 153 g/mol. The van der Waals surface area contributed by atoms with Crippen LogP contribution in [0.3, 0.4) is 0 Å². The first kappa shape index (κ1) is 6.34. The van der Waals surface area contributed by atoms with Gasteiger partial charge in [-0.3, -0.25) is 0 Å². The lowest BCUT2D eigenvalue weighted by Crippen LogP contribution is -1.73. The van der Waals surface area contributed by atoms with Gasteiger partial charge in [0.1, 0.15) is 11.6 Å². The van der Waals surface area contributed by atoms with E-state index in [0.717, 1.165) is 0 Å². The number of halogens is 2. The van der Waals surface area contributed by atoms with E-state index < -0.39 is 0 Å². The molecule has 0 saturated heterocycles. The lowest BCUT2D eigenvalue weighted by molar-refractivity contribution is 0.628. The summed E-state index contributed by atoms with van der Waals surface area (Å²) in [5.41, 5.74) is 0.488. The Hall–Kier alpha value is -1.38. The van der Waals surface area contributed by atoms with Crippen LogP contribution in [0.4, 0.5) is 8.78 Å². The molecule has 3 heteroatoms. The Kier molecular flexibility index (Phi) is 1.18. The fraction of sp³-hybridized carbons (Fsp3) is 0. The molecule has 0 fully saturated rings. The summed E-state index contributed by atoms with van der Waals surface area (Å²) in [5.74, 6) is -0.709. The lowest BCUT2D eigenvalue weighted by atomic mass is 10.2. The molecule has 0 saturated carbocycles. The van der Waals surface area contributed by atoms with Crippen LogP contribution >= 0.6 is 0 Å². The van der Waals surface area contributed by atoms with Gasteiger partial charge in [0.2, 0.25) is 0 Å². The molecule has 1 nitrogen and oxygen atoms in total. The molecule has 0 aliphatic rings. The molecule has 0 unspecified atom stereocenters. The summed E-state index contributed by atoms with van der Waals surface area (Å²) < 4.78 is 25.2. The Morgan fingerprint density at radius 3 is 2.82 bits per heavy atom. The Morgan fingerprint density at radius 2 is 2.00 bits per heavy atom. The smallest absolute Gasteiger partial charge is 0.148 e. The van der Waals surface area contributed by atoms with E-state index >= 15 is 0 Å². The largest absolute Gasteiger partial charge is 0.358 e. The van der Waals surface area contributed by atoms with Gasteiger partial charge in [-0.25, -0.2) is 8.78 Å². The second kappa shape index (κ2) is 2.05. The highest BCUT2D eigenvalue weighted by molar-refractivity contribution is 5.79. The lowest BCUT2D eigenvalue weighted by Gasteiger charge is -1.88. The van der Waals surface area contributed by atoms with Crippen molar-refractivity contribution in [1.29, 1.82) is 0 Å². The molecule has 0 aliphatic heterocycles. The first-order valence-corrected chi connectivity index (χ1v) is 3.19. The molecule has 1 aromatic carbocycles. The van der Waals surface area contributed by atoms with E-state index in [-0.39, 0.29) is 11.6 Å². The summed E-state index contributed by atoms with van der Waals surface area (Å²) >= 11 is 0. The summed E-state index contributed by atoms with van der Waals surface area (Å²) in [7, 11) is 0. The number of H-pyrrole nitrogens is 1. The SMILES string of the molecule is Fc1ccc2c(F)c[nH]c2c1.